The van der Waals surface area contributed by atoms with Crippen LogP contribution in [0.4, 0.5) is 0 Å². The van der Waals surface area contributed by atoms with Crippen LogP contribution in [-0.2, 0) is 0 Å². The maximum absolute atomic E-state index is 12.3. The van der Waals surface area contributed by atoms with Gasteiger partial charge in [-0.3, -0.25) is 9.69 Å². The van der Waals surface area contributed by atoms with Crippen molar-refractivity contribution in [3.63, 3.8) is 0 Å². The molecule has 0 aromatic carbocycles. The molecule has 1 aliphatic carbocycles. The first-order valence-electron chi connectivity index (χ1n) is 7.22. The fraction of sp³-hybridized carbons (Fsp3) is 0.714. The van der Waals surface area contributed by atoms with Gasteiger partial charge in [0.15, 0.2) is 0 Å². The third-order valence-electron chi connectivity index (χ3n) is 4.96. The highest BCUT2D eigenvalue weighted by Crippen LogP contribution is 2.42. The number of carbonyl (C=O) groups is 1. The van der Waals surface area contributed by atoms with Crippen LogP contribution < -0.4 is 0 Å². The predicted octanol–water partition coefficient (Wildman–Crippen LogP) is 1.38. The molecular weight excluding hydrogens is 242 g/mol. The summed E-state index contributed by atoms with van der Waals surface area (Å²) in [7, 11) is 0. The second-order valence-electron chi connectivity index (χ2n) is 6.22. The average molecular weight is 261 g/mol. The molecule has 5 nitrogen and oxygen atoms in total. The predicted molar refractivity (Wildman–Crippen MR) is 68.7 cm³/mol. The van der Waals surface area contributed by atoms with Gasteiger partial charge in [-0.2, -0.15) is 0 Å². The maximum Gasteiger partial charge on any atom is 0.292 e. The SMILES string of the molecule is O=C(c1ccno1)N1CCC2(CCN2CC2CC2)C1. The van der Waals surface area contributed by atoms with Gasteiger partial charge in [-0.25, -0.2) is 0 Å². The standard InChI is InChI=1S/C14H19N3O2/c18-13(12-3-6-15-19-12)16-7-4-14(10-16)5-8-17(14)9-11-1-2-11/h3,6,11H,1-2,4-5,7-10H2. The first-order chi connectivity index (χ1) is 9.27. The Kier molecular flexibility index (Phi) is 2.45. The molecule has 4 rings (SSSR count). The second-order valence-corrected chi connectivity index (χ2v) is 6.22. The van der Waals surface area contributed by atoms with Crippen LogP contribution in [0.2, 0.25) is 0 Å². The van der Waals surface area contributed by atoms with Gasteiger partial charge >= 0.3 is 0 Å². The van der Waals surface area contributed by atoms with E-state index in [-0.39, 0.29) is 11.4 Å². The zero-order valence-corrected chi connectivity index (χ0v) is 11.0. The number of amides is 1. The van der Waals surface area contributed by atoms with Crippen LogP contribution in [0.15, 0.2) is 16.8 Å². The normalized spacial score (nSPS) is 30.8. The van der Waals surface area contributed by atoms with Crippen molar-refractivity contribution in [2.24, 2.45) is 5.92 Å². The Balaban J connectivity index is 1.43. The highest BCUT2D eigenvalue weighted by atomic mass is 16.5. The summed E-state index contributed by atoms with van der Waals surface area (Å²) in [5.74, 6) is 1.29. The topological polar surface area (TPSA) is 49.6 Å². The summed E-state index contributed by atoms with van der Waals surface area (Å²) in [6.45, 7) is 4.16. The molecule has 1 aromatic rings. The molecule has 102 valence electrons. The maximum atomic E-state index is 12.3. The number of likely N-dealkylation sites (tertiary alicyclic amines) is 2. The zero-order chi connectivity index (χ0) is 12.9. The van der Waals surface area contributed by atoms with Gasteiger partial charge in [0.2, 0.25) is 5.76 Å². The molecule has 0 bridgehead atoms. The molecule has 2 saturated heterocycles. The Morgan fingerprint density at radius 2 is 2.26 bits per heavy atom. The minimum atomic E-state index is -0.00681. The molecule has 0 radical (unpaired) electrons. The summed E-state index contributed by atoms with van der Waals surface area (Å²) in [4.78, 5) is 16.8. The Hall–Kier alpha value is -1.36. The zero-order valence-electron chi connectivity index (χ0n) is 11.0. The smallest absolute Gasteiger partial charge is 0.292 e. The monoisotopic (exact) mass is 261 g/mol. The van der Waals surface area contributed by atoms with Crippen LogP contribution in [0.5, 0.6) is 0 Å². The van der Waals surface area contributed by atoms with E-state index in [9.17, 15) is 4.79 Å². The van der Waals surface area contributed by atoms with Gasteiger partial charge in [0.25, 0.3) is 5.91 Å². The molecule has 1 saturated carbocycles. The van der Waals surface area contributed by atoms with Crippen molar-refractivity contribution in [1.29, 1.82) is 0 Å². The second kappa shape index (κ2) is 4.07. The van der Waals surface area contributed by atoms with Crippen LogP contribution in [0.25, 0.3) is 0 Å². The van der Waals surface area contributed by atoms with Crippen LogP contribution in [0, 0.1) is 5.92 Å². The lowest BCUT2D eigenvalue weighted by atomic mass is 9.83. The Morgan fingerprint density at radius 1 is 1.42 bits per heavy atom. The van der Waals surface area contributed by atoms with Crippen molar-refractivity contribution in [2.45, 2.75) is 31.2 Å². The van der Waals surface area contributed by atoms with Crippen molar-refractivity contribution in [2.75, 3.05) is 26.2 Å². The highest BCUT2D eigenvalue weighted by molar-refractivity contribution is 5.91. The fourth-order valence-electron chi connectivity index (χ4n) is 3.46. The summed E-state index contributed by atoms with van der Waals surface area (Å²) in [6.07, 6.45) is 6.67. The molecule has 1 aromatic heterocycles. The highest BCUT2D eigenvalue weighted by Gasteiger charge is 2.51. The van der Waals surface area contributed by atoms with Crippen molar-refractivity contribution in [1.82, 2.24) is 15.0 Å². The minimum absolute atomic E-state index is 0.00681. The number of hydrogen-bond acceptors (Lipinski definition) is 4. The van der Waals surface area contributed by atoms with Gasteiger partial charge in [-0.05, 0) is 31.6 Å². The van der Waals surface area contributed by atoms with Gasteiger partial charge in [0.1, 0.15) is 0 Å². The number of carbonyl (C=O) groups excluding carboxylic acids is 1. The van der Waals surface area contributed by atoms with E-state index < -0.39 is 0 Å². The molecule has 1 amide bonds. The number of nitrogens with zero attached hydrogens (tertiary/aromatic N) is 3. The molecule has 5 heteroatoms. The van der Waals surface area contributed by atoms with E-state index in [0.717, 1.165) is 25.4 Å². The van der Waals surface area contributed by atoms with Crippen molar-refractivity contribution in [3.05, 3.63) is 18.0 Å². The Bertz CT molecular complexity index is 483. The van der Waals surface area contributed by atoms with Gasteiger partial charge < -0.3 is 9.42 Å². The third kappa shape index (κ3) is 1.87. The van der Waals surface area contributed by atoms with E-state index in [1.165, 1.54) is 38.5 Å². The third-order valence-corrected chi connectivity index (χ3v) is 4.96. The summed E-state index contributed by atoms with van der Waals surface area (Å²) in [6, 6.07) is 1.65. The average Bonchev–Trinajstić information content (AvgIpc) is 2.94. The summed E-state index contributed by atoms with van der Waals surface area (Å²) >= 11 is 0. The van der Waals surface area contributed by atoms with E-state index in [4.69, 9.17) is 4.52 Å². The number of aromatic nitrogens is 1. The van der Waals surface area contributed by atoms with Crippen molar-refractivity contribution >= 4 is 5.91 Å². The minimum Gasteiger partial charge on any atom is -0.351 e. The first-order valence-corrected chi connectivity index (χ1v) is 7.22. The van der Waals surface area contributed by atoms with Gasteiger partial charge in [0.05, 0.1) is 6.20 Å². The van der Waals surface area contributed by atoms with Gasteiger partial charge in [0, 0.05) is 37.8 Å². The molecule has 1 unspecified atom stereocenters. The summed E-state index contributed by atoms with van der Waals surface area (Å²) in [5.41, 5.74) is 0.276. The molecule has 1 spiro atoms. The molecule has 3 fully saturated rings. The van der Waals surface area contributed by atoms with Crippen LogP contribution in [0.3, 0.4) is 0 Å². The van der Waals surface area contributed by atoms with E-state index in [0.29, 0.717) is 5.76 Å². The molecule has 1 atom stereocenters. The molecule has 3 heterocycles. The lowest BCUT2D eigenvalue weighted by Gasteiger charge is -2.51. The van der Waals surface area contributed by atoms with E-state index >= 15 is 0 Å². The lowest BCUT2D eigenvalue weighted by molar-refractivity contribution is -0.00957. The lowest BCUT2D eigenvalue weighted by Crippen LogP contribution is -2.61. The van der Waals surface area contributed by atoms with Crippen LogP contribution in [0.1, 0.15) is 36.2 Å². The first kappa shape index (κ1) is 11.5. The van der Waals surface area contributed by atoms with E-state index in [2.05, 4.69) is 10.1 Å². The Morgan fingerprint density at radius 3 is 2.89 bits per heavy atom. The largest absolute Gasteiger partial charge is 0.351 e. The molecule has 0 N–H and O–H groups in total. The summed E-state index contributed by atoms with van der Waals surface area (Å²) < 4.78 is 4.97. The fourth-order valence-corrected chi connectivity index (χ4v) is 3.46. The quantitative estimate of drug-likeness (QED) is 0.824. The van der Waals surface area contributed by atoms with Crippen molar-refractivity contribution < 1.29 is 9.32 Å². The molecule has 2 aliphatic heterocycles. The van der Waals surface area contributed by atoms with Crippen LogP contribution >= 0.6 is 0 Å². The van der Waals surface area contributed by atoms with Crippen molar-refractivity contribution in [3.8, 4) is 0 Å². The van der Waals surface area contributed by atoms with E-state index in [1.807, 2.05) is 4.90 Å². The molecular formula is C14H19N3O2. The number of hydrogen-bond donors (Lipinski definition) is 0. The molecule has 3 aliphatic rings. The van der Waals surface area contributed by atoms with Gasteiger partial charge in [-0.15, -0.1) is 0 Å². The van der Waals surface area contributed by atoms with Gasteiger partial charge in [-0.1, -0.05) is 5.16 Å². The Labute approximate surface area is 112 Å². The number of rotatable bonds is 3. The van der Waals surface area contributed by atoms with E-state index in [1.54, 1.807) is 6.07 Å². The molecule has 19 heavy (non-hydrogen) atoms. The van der Waals surface area contributed by atoms with Crippen LogP contribution in [-0.4, -0.2) is 52.6 Å². The summed E-state index contributed by atoms with van der Waals surface area (Å²) in [5, 5.41) is 3.61.